The number of amides is 1. The molecule has 0 saturated carbocycles. The van der Waals surface area contributed by atoms with Crippen molar-refractivity contribution in [1.29, 1.82) is 0 Å². The number of rotatable bonds is 5. The van der Waals surface area contributed by atoms with E-state index in [-0.39, 0.29) is 16.1 Å². The number of anilines is 1. The molecule has 2 aromatic carbocycles. The normalized spacial score (nSPS) is 11.4. The predicted octanol–water partition coefficient (Wildman–Crippen LogP) is 1.42. The van der Waals surface area contributed by atoms with Crippen LogP contribution in [0.1, 0.15) is 5.56 Å². The van der Waals surface area contributed by atoms with Gasteiger partial charge in [0.15, 0.2) is 11.5 Å². The smallest absolute Gasteiger partial charge is 0.267 e. The van der Waals surface area contributed by atoms with Crippen LogP contribution in [0.4, 0.5) is 5.69 Å². The molecule has 0 bridgehead atoms. The molecule has 0 saturated heterocycles. The molecule has 0 spiro atoms. The second kappa shape index (κ2) is 7.02. The molecular formula is C15H14N2O6S. The van der Waals surface area contributed by atoms with Gasteiger partial charge in [-0.25, -0.2) is 13.9 Å². The minimum atomic E-state index is -3.94. The van der Waals surface area contributed by atoms with Gasteiger partial charge in [-0.15, -0.1) is 0 Å². The molecule has 126 valence electrons. The van der Waals surface area contributed by atoms with Crippen LogP contribution in [0.25, 0.3) is 6.08 Å². The Labute approximate surface area is 137 Å². The van der Waals surface area contributed by atoms with E-state index in [1.165, 1.54) is 17.6 Å². The minimum Gasteiger partial charge on any atom is -0.504 e. The number of hydroxylamine groups is 1. The number of sulfonamides is 1. The molecular weight excluding hydrogens is 336 g/mol. The van der Waals surface area contributed by atoms with E-state index in [0.29, 0.717) is 0 Å². The Morgan fingerprint density at radius 1 is 1.04 bits per heavy atom. The molecule has 0 aliphatic rings. The summed E-state index contributed by atoms with van der Waals surface area (Å²) >= 11 is 0. The van der Waals surface area contributed by atoms with Crippen LogP contribution in [-0.2, 0) is 14.8 Å². The predicted molar refractivity (Wildman–Crippen MR) is 86.0 cm³/mol. The third-order valence-electron chi connectivity index (χ3n) is 2.97. The molecule has 9 heteroatoms. The van der Waals surface area contributed by atoms with Gasteiger partial charge in [0.1, 0.15) is 0 Å². The number of nitrogens with one attached hydrogen (secondary N) is 2. The number of phenolic OH excluding ortho intramolecular Hbond substituents is 2. The lowest BCUT2D eigenvalue weighted by atomic mass is 10.1. The van der Waals surface area contributed by atoms with Gasteiger partial charge in [0.25, 0.3) is 15.9 Å². The van der Waals surface area contributed by atoms with Crippen LogP contribution in [0, 0.1) is 0 Å². The highest BCUT2D eigenvalue weighted by Gasteiger charge is 2.17. The fraction of sp³-hybridized carbons (Fsp3) is 0. The van der Waals surface area contributed by atoms with Crippen molar-refractivity contribution in [2.45, 2.75) is 4.90 Å². The quantitative estimate of drug-likeness (QED) is 0.182. The van der Waals surface area contributed by atoms with Crippen LogP contribution >= 0.6 is 0 Å². The first-order valence-corrected chi connectivity index (χ1v) is 8.08. The lowest BCUT2D eigenvalue weighted by Crippen LogP contribution is -2.15. The van der Waals surface area contributed by atoms with Gasteiger partial charge in [0.2, 0.25) is 0 Å². The Morgan fingerprint density at radius 3 is 2.29 bits per heavy atom. The van der Waals surface area contributed by atoms with Crippen molar-refractivity contribution < 1.29 is 28.6 Å². The standard InChI is InChI=1S/C15H14N2O6S/c18-13-8-10(6-7-15(20)16-21)12(9-14(13)19)17-24(22,23)11-4-2-1-3-5-11/h1-9,17-19,21H,(H,16,20). The number of phenols is 2. The SMILES string of the molecule is O=C(C=Cc1cc(O)c(O)cc1NS(=O)(=O)c1ccccc1)NO. The second-order valence-corrected chi connectivity index (χ2v) is 6.34. The highest BCUT2D eigenvalue weighted by Crippen LogP contribution is 2.33. The maximum atomic E-state index is 12.3. The van der Waals surface area contributed by atoms with E-state index in [1.807, 2.05) is 0 Å². The zero-order valence-electron chi connectivity index (χ0n) is 12.2. The summed E-state index contributed by atoms with van der Waals surface area (Å²) in [6.07, 6.45) is 2.08. The summed E-state index contributed by atoms with van der Waals surface area (Å²) in [4.78, 5) is 11.1. The highest BCUT2D eigenvalue weighted by atomic mass is 32.2. The molecule has 1 amide bonds. The summed E-state index contributed by atoms with van der Waals surface area (Å²) < 4.78 is 27.0. The van der Waals surface area contributed by atoms with Gasteiger partial charge in [-0.1, -0.05) is 18.2 Å². The molecule has 0 atom stereocenters. The molecule has 0 aliphatic heterocycles. The molecule has 0 heterocycles. The highest BCUT2D eigenvalue weighted by molar-refractivity contribution is 7.92. The van der Waals surface area contributed by atoms with Crippen molar-refractivity contribution in [3.05, 3.63) is 54.1 Å². The zero-order valence-corrected chi connectivity index (χ0v) is 13.0. The van der Waals surface area contributed by atoms with E-state index in [0.717, 1.165) is 24.3 Å². The van der Waals surface area contributed by atoms with Gasteiger partial charge in [0.05, 0.1) is 10.6 Å². The lowest BCUT2D eigenvalue weighted by Gasteiger charge is -2.12. The number of aromatic hydroxyl groups is 2. The van der Waals surface area contributed by atoms with Crippen molar-refractivity contribution in [3.8, 4) is 11.5 Å². The number of benzene rings is 2. The van der Waals surface area contributed by atoms with Gasteiger partial charge >= 0.3 is 0 Å². The Balaban J connectivity index is 2.44. The monoisotopic (exact) mass is 350 g/mol. The average Bonchev–Trinajstić information content (AvgIpc) is 2.57. The molecule has 5 N–H and O–H groups in total. The zero-order chi connectivity index (χ0) is 17.7. The Bertz CT molecular complexity index is 878. The summed E-state index contributed by atoms with van der Waals surface area (Å²) in [5, 5.41) is 27.6. The molecule has 0 aliphatic carbocycles. The maximum absolute atomic E-state index is 12.3. The van der Waals surface area contributed by atoms with Crippen LogP contribution < -0.4 is 10.2 Å². The van der Waals surface area contributed by atoms with E-state index in [1.54, 1.807) is 18.2 Å². The fourth-order valence-electron chi connectivity index (χ4n) is 1.83. The Kier molecular flexibility index (Phi) is 5.07. The van der Waals surface area contributed by atoms with E-state index < -0.39 is 27.4 Å². The first kappa shape index (κ1) is 17.3. The molecule has 2 rings (SSSR count). The number of carbonyl (C=O) groups excluding carboxylic acids is 1. The van der Waals surface area contributed by atoms with E-state index >= 15 is 0 Å². The van der Waals surface area contributed by atoms with E-state index in [9.17, 15) is 23.4 Å². The average molecular weight is 350 g/mol. The van der Waals surface area contributed by atoms with Gasteiger partial charge in [-0.3, -0.25) is 14.7 Å². The number of hydrogen-bond acceptors (Lipinski definition) is 6. The third-order valence-corrected chi connectivity index (χ3v) is 4.35. The largest absolute Gasteiger partial charge is 0.504 e. The van der Waals surface area contributed by atoms with Crippen LogP contribution in [0.15, 0.2) is 53.4 Å². The first-order valence-electron chi connectivity index (χ1n) is 6.59. The molecule has 0 unspecified atom stereocenters. The lowest BCUT2D eigenvalue weighted by molar-refractivity contribution is -0.124. The molecule has 8 nitrogen and oxygen atoms in total. The first-order chi connectivity index (χ1) is 11.3. The van der Waals surface area contributed by atoms with E-state index in [2.05, 4.69) is 4.72 Å². The van der Waals surface area contributed by atoms with Crippen molar-refractivity contribution in [3.63, 3.8) is 0 Å². The second-order valence-electron chi connectivity index (χ2n) is 4.66. The summed E-state index contributed by atoms with van der Waals surface area (Å²) in [6.45, 7) is 0. The van der Waals surface area contributed by atoms with Crippen LogP contribution in [0.3, 0.4) is 0 Å². The van der Waals surface area contributed by atoms with Crippen molar-refractivity contribution in [2.24, 2.45) is 0 Å². The van der Waals surface area contributed by atoms with Crippen LogP contribution in [-0.4, -0.2) is 29.7 Å². The summed E-state index contributed by atoms with van der Waals surface area (Å²) in [5.41, 5.74) is 1.42. The van der Waals surface area contributed by atoms with Gasteiger partial charge < -0.3 is 10.2 Å². The summed E-state index contributed by atoms with van der Waals surface area (Å²) in [7, 11) is -3.94. The summed E-state index contributed by atoms with van der Waals surface area (Å²) in [6, 6.07) is 9.61. The van der Waals surface area contributed by atoms with Crippen LogP contribution in [0.5, 0.6) is 11.5 Å². The van der Waals surface area contributed by atoms with Crippen molar-refractivity contribution >= 4 is 27.7 Å². The van der Waals surface area contributed by atoms with Gasteiger partial charge in [-0.05, 0) is 24.3 Å². The van der Waals surface area contributed by atoms with Gasteiger partial charge in [-0.2, -0.15) is 0 Å². The third kappa shape index (κ3) is 4.03. The van der Waals surface area contributed by atoms with Gasteiger partial charge in [0, 0.05) is 17.7 Å². The van der Waals surface area contributed by atoms with Crippen molar-refractivity contribution in [2.75, 3.05) is 4.72 Å². The summed E-state index contributed by atoms with van der Waals surface area (Å²) in [5.74, 6) is -1.88. The molecule has 24 heavy (non-hydrogen) atoms. The van der Waals surface area contributed by atoms with Crippen molar-refractivity contribution in [1.82, 2.24) is 5.48 Å². The Morgan fingerprint density at radius 2 is 1.67 bits per heavy atom. The van der Waals surface area contributed by atoms with Crippen LogP contribution in [0.2, 0.25) is 0 Å². The number of hydrogen-bond donors (Lipinski definition) is 5. The van der Waals surface area contributed by atoms with E-state index in [4.69, 9.17) is 5.21 Å². The number of carbonyl (C=O) groups is 1. The molecule has 0 aromatic heterocycles. The molecule has 0 radical (unpaired) electrons. The molecule has 0 fully saturated rings. The maximum Gasteiger partial charge on any atom is 0.267 e. The topological polar surface area (TPSA) is 136 Å². The molecule has 2 aromatic rings. The fourth-order valence-corrected chi connectivity index (χ4v) is 2.92. The Hall–Kier alpha value is -3.04. The minimum absolute atomic E-state index is 0.000552.